The summed E-state index contributed by atoms with van der Waals surface area (Å²) in [6, 6.07) is 15.4. The molecule has 8 heteroatoms. The molecule has 0 radical (unpaired) electrons. The molecule has 4 rings (SSSR count). The van der Waals surface area contributed by atoms with Crippen LogP contribution in [-0.4, -0.2) is 38.4 Å². The number of aliphatic hydroxyl groups excluding tert-OH is 1. The number of halogens is 2. The molecule has 1 saturated heterocycles. The van der Waals surface area contributed by atoms with Crippen LogP contribution in [0.5, 0.6) is 11.5 Å². The second-order valence-electron chi connectivity index (χ2n) is 8.14. The fourth-order valence-electron chi connectivity index (χ4n) is 4.35. The van der Waals surface area contributed by atoms with Gasteiger partial charge in [-0.05, 0) is 79.2 Å². The lowest BCUT2D eigenvalue weighted by atomic mass is 9.92. The molecule has 3 atom stereocenters. The Hall–Kier alpha value is -3.23. The largest absolute Gasteiger partial charge is 0.508 e. The Morgan fingerprint density at radius 1 is 0.939 bits per heavy atom. The summed E-state index contributed by atoms with van der Waals surface area (Å²) in [5.74, 6) is -0.902. The second kappa shape index (κ2) is 9.33. The van der Waals surface area contributed by atoms with Gasteiger partial charge < -0.3 is 25.1 Å². The SMILES string of the molecule is CN1C(=S)N(c2ccc(F)cc2)C(c2ccc(O)cc2O)C1CCC(O)c1ccc(F)cc1. The number of anilines is 1. The van der Waals surface area contributed by atoms with Gasteiger partial charge in [0.1, 0.15) is 23.1 Å². The second-order valence-corrected chi connectivity index (χ2v) is 8.51. The van der Waals surface area contributed by atoms with Crippen LogP contribution >= 0.6 is 12.2 Å². The van der Waals surface area contributed by atoms with Crippen LogP contribution in [0.1, 0.15) is 36.1 Å². The highest BCUT2D eigenvalue weighted by molar-refractivity contribution is 7.80. The van der Waals surface area contributed by atoms with Gasteiger partial charge >= 0.3 is 0 Å². The number of aromatic hydroxyl groups is 2. The van der Waals surface area contributed by atoms with Gasteiger partial charge in [-0.1, -0.05) is 12.1 Å². The fourth-order valence-corrected chi connectivity index (χ4v) is 4.70. The van der Waals surface area contributed by atoms with E-state index in [0.717, 1.165) is 0 Å². The number of hydrogen-bond acceptors (Lipinski definition) is 4. The maximum Gasteiger partial charge on any atom is 0.176 e. The third-order valence-corrected chi connectivity index (χ3v) is 6.56. The van der Waals surface area contributed by atoms with Gasteiger partial charge in [0.2, 0.25) is 0 Å². The first-order chi connectivity index (χ1) is 15.8. The highest BCUT2D eigenvalue weighted by Gasteiger charge is 2.44. The molecule has 0 spiro atoms. The molecule has 172 valence electrons. The Kier molecular flexibility index (Phi) is 6.49. The van der Waals surface area contributed by atoms with E-state index in [0.29, 0.717) is 34.8 Å². The molecule has 5 nitrogen and oxygen atoms in total. The molecule has 0 aromatic heterocycles. The molecule has 33 heavy (non-hydrogen) atoms. The van der Waals surface area contributed by atoms with Gasteiger partial charge in [0.05, 0.1) is 18.2 Å². The molecule has 3 aromatic carbocycles. The van der Waals surface area contributed by atoms with E-state index in [2.05, 4.69) is 0 Å². The summed E-state index contributed by atoms with van der Waals surface area (Å²) in [4.78, 5) is 3.74. The summed E-state index contributed by atoms with van der Waals surface area (Å²) >= 11 is 5.71. The zero-order chi connectivity index (χ0) is 23.7. The van der Waals surface area contributed by atoms with E-state index in [1.165, 1.54) is 36.4 Å². The van der Waals surface area contributed by atoms with Crippen molar-refractivity contribution in [1.29, 1.82) is 0 Å². The van der Waals surface area contributed by atoms with Gasteiger partial charge in [-0.2, -0.15) is 0 Å². The van der Waals surface area contributed by atoms with Crippen molar-refractivity contribution in [1.82, 2.24) is 4.90 Å². The fraction of sp³-hybridized carbons (Fsp3) is 0.240. The van der Waals surface area contributed by atoms with Gasteiger partial charge in [0, 0.05) is 24.4 Å². The van der Waals surface area contributed by atoms with Crippen LogP contribution in [-0.2, 0) is 0 Å². The summed E-state index contributed by atoms with van der Waals surface area (Å²) in [6.45, 7) is 0. The topological polar surface area (TPSA) is 67.2 Å². The van der Waals surface area contributed by atoms with Gasteiger partial charge in [0.15, 0.2) is 5.11 Å². The van der Waals surface area contributed by atoms with Crippen molar-refractivity contribution in [2.45, 2.75) is 31.0 Å². The maximum atomic E-state index is 13.6. The molecule has 1 heterocycles. The minimum atomic E-state index is -0.804. The van der Waals surface area contributed by atoms with Crippen molar-refractivity contribution < 1.29 is 24.1 Å². The zero-order valence-electron chi connectivity index (χ0n) is 17.9. The van der Waals surface area contributed by atoms with E-state index in [-0.39, 0.29) is 29.2 Å². The quantitative estimate of drug-likeness (QED) is 0.439. The van der Waals surface area contributed by atoms with Crippen molar-refractivity contribution in [3.05, 3.63) is 89.5 Å². The molecule has 3 unspecified atom stereocenters. The normalized spacial score (nSPS) is 19.2. The number of phenolic OH excluding ortho intramolecular Hbond substituents is 2. The van der Waals surface area contributed by atoms with Crippen LogP contribution < -0.4 is 4.90 Å². The predicted octanol–water partition coefficient (Wildman–Crippen LogP) is 5.04. The molecule has 0 amide bonds. The number of likely N-dealkylation sites (N-methyl/N-ethyl adjacent to an activating group) is 1. The number of aliphatic hydroxyl groups is 1. The monoisotopic (exact) mass is 470 g/mol. The highest BCUT2D eigenvalue weighted by atomic mass is 32.1. The summed E-state index contributed by atoms with van der Waals surface area (Å²) in [7, 11) is 1.84. The van der Waals surface area contributed by atoms with E-state index in [1.807, 2.05) is 16.8 Å². The summed E-state index contributed by atoms with van der Waals surface area (Å²) in [6.07, 6.45) is 0.0646. The summed E-state index contributed by atoms with van der Waals surface area (Å²) in [5, 5.41) is 31.6. The Morgan fingerprint density at radius 2 is 1.55 bits per heavy atom. The van der Waals surface area contributed by atoms with Crippen LogP contribution in [0.2, 0.25) is 0 Å². The molecule has 3 N–H and O–H groups in total. The lowest BCUT2D eigenvalue weighted by Crippen LogP contribution is -2.31. The average Bonchev–Trinajstić information content (AvgIpc) is 3.03. The number of rotatable bonds is 6. The Bertz CT molecular complexity index is 1140. The van der Waals surface area contributed by atoms with E-state index < -0.39 is 12.1 Å². The third-order valence-electron chi connectivity index (χ3n) is 6.08. The van der Waals surface area contributed by atoms with E-state index in [4.69, 9.17) is 12.2 Å². The Labute approximate surface area is 196 Å². The highest BCUT2D eigenvalue weighted by Crippen LogP contribution is 2.44. The first kappa shape index (κ1) is 22.9. The van der Waals surface area contributed by atoms with Crippen LogP contribution in [0.4, 0.5) is 14.5 Å². The molecule has 3 aromatic rings. The Morgan fingerprint density at radius 3 is 2.15 bits per heavy atom. The Balaban J connectivity index is 1.68. The van der Waals surface area contributed by atoms with Crippen LogP contribution in [0.15, 0.2) is 66.7 Å². The summed E-state index contributed by atoms with van der Waals surface area (Å²) < 4.78 is 26.8. The number of benzene rings is 3. The average molecular weight is 471 g/mol. The molecule has 0 aliphatic carbocycles. The molecule has 1 aliphatic heterocycles. The molecule has 0 saturated carbocycles. The van der Waals surface area contributed by atoms with E-state index in [9.17, 15) is 24.1 Å². The van der Waals surface area contributed by atoms with Gasteiger partial charge in [-0.25, -0.2) is 8.78 Å². The van der Waals surface area contributed by atoms with Crippen molar-refractivity contribution >= 4 is 23.0 Å². The lowest BCUT2D eigenvalue weighted by molar-refractivity contribution is 0.152. The van der Waals surface area contributed by atoms with Gasteiger partial charge in [-0.3, -0.25) is 0 Å². The number of phenols is 2. The van der Waals surface area contributed by atoms with Crippen molar-refractivity contribution in [2.24, 2.45) is 0 Å². The molecule has 1 fully saturated rings. The van der Waals surface area contributed by atoms with Crippen molar-refractivity contribution in [3.63, 3.8) is 0 Å². The number of nitrogens with zero attached hydrogens (tertiary/aromatic N) is 2. The van der Waals surface area contributed by atoms with Crippen molar-refractivity contribution in [2.75, 3.05) is 11.9 Å². The first-order valence-electron chi connectivity index (χ1n) is 10.5. The maximum absolute atomic E-state index is 13.6. The van der Waals surface area contributed by atoms with Crippen LogP contribution in [0, 0.1) is 11.6 Å². The smallest absolute Gasteiger partial charge is 0.176 e. The van der Waals surface area contributed by atoms with Gasteiger partial charge in [0.25, 0.3) is 0 Å². The van der Waals surface area contributed by atoms with E-state index in [1.54, 1.807) is 30.3 Å². The van der Waals surface area contributed by atoms with E-state index >= 15 is 0 Å². The summed E-state index contributed by atoms with van der Waals surface area (Å²) in [5.41, 5.74) is 1.82. The van der Waals surface area contributed by atoms with Crippen LogP contribution in [0.3, 0.4) is 0 Å². The predicted molar refractivity (Wildman–Crippen MR) is 126 cm³/mol. The third kappa shape index (κ3) is 4.62. The first-order valence-corrected chi connectivity index (χ1v) is 10.9. The van der Waals surface area contributed by atoms with Gasteiger partial charge in [-0.15, -0.1) is 0 Å². The molecule has 1 aliphatic rings. The minimum Gasteiger partial charge on any atom is -0.508 e. The minimum absolute atomic E-state index is 0.0678. The van der Waals surface area contributed by atoms with Crippen LogP contribution in [0.25, 0.3) is 0 Å². The number of thiocarbonyl (C=S) groups is 1. The van der Waals surface area contributed by atoms with Crippen molar-refractivity contribution in [3.8, 4) is 11.5 Å². The standard InChI is InChI=1S/C25H24F2N2O3S/c1-28-21(12-13-22(31)15-2-4-16(26)5-3-15)24(20-11-10-19(30)14-23(20)32)29(25(28)33)18-8-6-17(27)7-9-18/h2-11,14,21-22,24,30-32H,12-13H2,1H3. The molecular formula is C25H24F2N2O3S. The number of hydrogen-bond donors (Lipinski definition) is 3. The molecule has 0 bridgehead atoms. The zero-order valence-corrected chi connectivity index (χ0v) is 18.7. The molecular weight excluding hydrogens is 446 g/mol. The lowest BCUT2D eigenvalue weighted by Gasteiger charge is -2.29.